The van der Waals surface area contributed by atoms with Crippen LogP contribution in [0.5, 0.6) is 5.75 Å². The van der Waals surface area contributed by atoms with Gasteiger partial charge in [-0.25, -0.2) is 4.98 Å². The van der Waals surface area contributed by atoms with E-state index in [1.165, 1.54) is 6.07 Å². The fraction of sp³-hybridized carbons (Fsp3) is 0.240. The number of rotatable bonds is 5. The number of carbonyl (C=O) groups excluding carboxylic acids is 1. The molecule has 168 valence electrons. The summed E-state index contributed by atoms with van der Waals surface area (Å²) in [7, 11) is 1.65. The third kappa shape index (κ3) is 4.53. The van der Waals surface area contributed by atoms with Crippen molar-refractivity contribution in [2.75, 3.05) is 33.3 Å². The molecule has 0 atom stereocenters. The molecule has 1 saturated heterocycles. The Morgan fingerprint density at radius 1 is 1.09 bits per heavy atom. The van der Waals surface area contributed by atoms with E-state index in [1.807, 2.05) is 24.3 Å². The lowest BCUT2D eigenvalue weighted by Crippen LogP contribution is -2.48. The smallest absolute Gasteiger partial charge is 0.289 e. The molecule has 0 aliphatic carbocycles. The highest BCUT2D eigenvalue weighted by molar-refractivity contribution is 7.09. The van der Waals surface area contributed by atoms with Crippen LogP contribution in [0.3, 0.4) is 0 Å². The van der Waals surface area contributed by atoms with Gasteiger partial charge < -0.3 is 14.1 Å². The first-order valence-corrected chi connectivity index (χ1v) is 11.6. The van der Waals surface area contributed by atoms with Gasteiger partial charge in [-0.3, -0.25) is 14.5 Å². The molecule has 1 aliphatic rings. The molecule has 1 amide bonds. The Hall–Kier alpha value is -3.49. The highest BCUT2D eigenvalue weighted by Crippen LogP contribution is 2.25. The molecule has 0 N–H and O–H groups in total. The second-order valence-electron chi connectivity index (χ2n) is 7.89. The van der Waals surface area contributed by atoms with E-state index >= 15 is 0 Å². The average molecular weight is 462 g/mol. The first-order chi connectivity index (χ1) is 16.1. The lowest BCUT2D eigenvalue weighted by molar-refractivity contribution is 0.0598. The zero-order chi connectivity index (χ0) is 22.8. The minimum Gasteiger partial charge on any atom is -0.497 e. The van der Waals surface area contributed by atoms with Crippen LogP contribution in [-0.2, 0) is 6.54 Å². The van der Waals surface area contributed by atoms with Gasteiger partial charge in [-0.05, 0) is 36.4 Å². The molecule has 2 aromatic carbocycles. The average Bonchev–Trinajstić information content (AvgIpc) is 3.32. The Morgan fingerprint density at radius 3 is 2.61 bits per heavy atom. The summed E-state index contributed by atoms with van der Waals surface area (Å²) >= 11 is 1.64. The van der Waals surface area contributed by atoms with Gasteiger partial charge in [0.05, 0.1) is 24.7 Å². The van der Waals surface area contributed by atoms with Crippen LogP contribution < -0.4 is 10.2 Å². The number of carbonyl (C=O) groups is 1. The van der Waals surface area contributed by atoms with E-state index in [0.717, 1.165) is 41.6 Å². The number of nitrogens with zero attached hydrogens (tertiary/aromatic N) is 3. The summed E-state index contributed by atoms with van der Waals surface area (Å²) in [5, 5.41) is 3.59. The first kappa shape index (κ1) is 21.4. The normalized spacial score (nSPS) is 14.5. The van der Waals surface area contributed by atoms with Crippen LogP contribution >= 0.6 is 11.3 Å². The molecule has 33 heavy (non-hydrogen) atoms. The van der Waals surface area contributed by atoms with E-state index in [-0.39, 0.29) is 17.1 Å². The monoisotopic (exact) mass is 461 g/mol. The van der Waals surface area contributed by atoms with Gasteiger partial charge in [0.2, 0.25) is 0 Å². The van der Waals surface area contributed by atoms with Gasteiger partial charge >= 0.3 is 0 Å². The quantitative estimate of drug-likeness (QED) is 0.449. The number of amides is 1. The standard InChI is InChI=1S/C25H23N3O4S/c1-31-18-8-6-17(7-9-18)20-16-33-24(26-20)15-27-10-12-28(13-11-27)25(30)23-14-21(29)19-4-2-3-5-22(19)32-23/h2-9,14,16H,10-13,15H2,1H3. The summed E-state index contributed by atoms with van der Waals surface area (Å²) in [6.07, 6.45) is 0. The van der Waals surface area contributed by atoms with Crippen molar-refractivity contribution < 1.29 is 13.9 Å². The van der Waals surface area contributed by atoms with Crippen LogP contribution in [0, 0.1) is 0 Å². The fourth-order valence-corrected chi connectivity index (χ4v) is 4.79. The molecule has 1 aliphatic heterocycles. The zero-order valence-electron chi connectivity index (χ0n) is 18.2. The number of thiazole rings is 1. The van der Waals surface area contributed by atoms with Crippen molar-refractivity contribution in [3.8, 4) is 17.0 Å². The predicted octanol–water partition coefficient (Wildman–Crippen LogP) is 3.88. The van der Waals surface area contributed by atoms with Crippen molar-refractivity contribution in [1.29, 1.82) is 0 Å². The van der Waals surface area contributed by atoms with Gasteiger partial charge in [0, 0.05) is 43.2 Å². The summed E-state index contributed by atoms with van der Waals surface area (Å²) < 4.78 is 10.9. The number of fused-ring (bicyclic) bond motifs is 1. The number of methoxy groups -OCH3 is 1. The number of benzene rings is 2. The molecule has 4 aromatic rings. The van der Waals surface area contributed by atoms with E-state index in [1.54, 1.807) is 47.6 Å². The van der Waals surface area contributed by atoms with E-state index in [4.69, 9.17) is 14.1 Å². The van der Waals surface area contributed by atoms with Crippen molar-refractivity contribution in [2.24, 2.45) is 0 Å². The summed E-state index contributed by atoms with van der Waals surface area (Å²) in [5.74, 6) is 0.675. The minimum atomic E-state index is -0.242. The van der Waals surface area contributed by atoms with Crippen molar-refractivity contribution in [3.63, 3.8) is 0 Å². The van der Waals surface area contributed by atoms with Crippen molar-refractivity contribution in [3.05, 3.63) is 81.0 Å². The molecule has 0 saturated carbocycles. The van der Waals surface area contributed by atoms with Gasteiger partial charge in [-0.1, -0.05) is 12.1 Å². The molecule has 0 spiro atoms. The van der Waals surface area contributed by atoms with Crippen molar-refractivity contribution in [2.45, 2.75) is 6.54 Å². The summed E-state index contributed by atoms with van der Waals surface area (Å²) in [4.78, 5) is 34.1. The molecule has 0 bridgehead atoms. The number of hydrogen-bond acceptors (Lipinski definition) is 7. The largest absolute Gasteiger partial charge is 0.497 e. The molecule has 7 nitrogen and oxygen atoms in total. The van der Waals surface area contributed by atoms with Gasteiger partial charge in [-0.2, -0.15) is 0 Å². The maximum atomic E-state index is 12.9. The molecule has 1 fully saturated rings. The Balaban J connectivity index is 1.20. The Morgan fingerprint density at radius 2 is 1.85 bits per heavy atom. The van der Waals surface area contributed by atoms with Gasteiger partial charge in [-0.15, -0.1) is 11.3 Å². The molecule has 0 unspecified atom stereocenters. The molecule has 8 heteroatoms. The van der Waals surface area contributed by atoms with E-state index in [0.29, 0.717) is 24.1 Å². The van der Waals surface area contributed by atoms with Crippen LogP contribution in [0.15, 0.2) is 69.2 Å². The van der Waals surface area contributed by atoms with Gasteiger partial charge in [0.15, 0.2) is 11.2 Å². The number of para-hydroxylation sites is 1. The number of hydrogen-bond donors (Lipinski definition) is 0. The lowest BCUT2D eigenvalue weighted by Gasteiger charge is -2.33. The third-order valence-corrected chi connectivity index (χ3v) is 6.63. The van der Waals surface area contributed by atoms with Crippen molar-refractivity contribution >= 4 is 28.2 Å². The molecular formula is C25H23N3O4S. The van der Waals surface area contributed by atoms with E-state index < -0.39 is 0 Å². The lowest BCUT2D eigenvalue weighted by atomic mass is 10.2. The Labute approximate surface area is 194 Å². The highest BCUT2D eigenvalue weighted by atomic mass is 32.1. The fourth-order valence-electron chi connectivity index (χ4n) is 3.94. The van der Waals surface area contributed by atoms with E-state index in [2.05, 4.69) is 10.3 Å². The first-order valence-electron chi connectivity index (χ1n) is 10.7. The van der Waals surface area contributed by atoms with Crippen LogP contribution in [-0.4, -0.2) is 54.0 Å². The molecule has 5 rings (SSSR count). The van der Waals surface area contributed by atoms with E-state index in [9.17, 15) is 9.59 Å². The SMILES string of the molecule is COc1ccc(-c2csc(CN3CCN(C(=O)c4cc(=O)c5ccccc5o4)CC3)n2)cc1. The van der Waals surface area contributed by atoms with Crippen LogP contribution in [0.1, 0.15) is 15.6 Å². The summed E-state index contributed by atoms with van der Waals surface area (Å²) in [6, 6.07) is 16.2. The summed E-state index contributed by atoms with van der Waals surface area (Å²) in [5.41, 5.74) is 2.25. The highest BCUT2D eigenvalue weighted by Gasteiger charge is 2.25. The zero-order valence-corrected chi connectivity index (χ0v) is 19.0. The minimum absolute atomic E-state index is 0.0937. The topological polar surface area (TPSA) is 75.9 Å². The van der Waals surface area contributed by atoms with Gasteiger partial charge in [0.1, 0.15) is 16.3 Å². The van der Waals surface area contributed by atoms with Crippen LogP contribution in [0.2, 0.25) is 0 Å². The molecule has 2 aromatic heterocycles. The Bertz CT molecular complexity index is 1340. The van der Waals surface area contributed by atoms with Crippen LogP contribution in [0.4, 0.5) is 0 Å². The molecule has 3 heterocycles. The third-order valence-electron chi connectivity index (χ3n) is 5.80. The maximum Gasteiger partial charge on any atom is 0.289 e. The Kier molecular flexibility index (Phi) is 5.93. The second-order valence-corrected chi connectivity index (χ2v) is 8.84. The summed E-state index contributed by atoms with van der Waals surface area (Å²) in [6.45, 7) is 3.37. The molecular weight excluding hydrogens is 438 g/mol. The maximum absolute atomic E-state index is 12.9. The van der Waals surface area contributed by atoms with Gasteiger partial charge in [0.25, 0.3) is 5.91 Å². The number of piperazine rings is 1. The number of aromatic nitrogens is 1. The number of ether oxygens (including phenoxy) is 1. The second kappa shape index (κ2) is 9.17. The van der Waals surface area contributed by atoms with Crippen LogP contribution in [0.25, 0.3) is 22.2 Å². The predicted molar refractivity (Wildman–Crippen MR) is 128 cm³/mol. The molecule has 0 radical (unpaired) electrons. The van der Waals surface area contributed by atoms with Crippen molar-refractivity contribution in [1.82, 2.24) is 14.8 Å².